The highest BCUT2D eigenvalue weighted by Gasteiger charge is 2.66. The zero-order valence-corrected chi connectivity index (χ0v) is 9.82. The summed E-state index contributed by atoms with van der Waals surface area (Å²) in [6.45, 7) is 6.21. The lowest BCUT2D eigenvalue weighted by Gasteiger charge is -2.25. The number of piperidine rings is 1. The molecule has 1 aliphatic heterocycles. The second-order valence-electron chi connectivity index (χ2n) is 5.72. The highest BCUT2D eigenvalue weighted by Crippen LogP contribution is 2.57. The first-order chi connectivity index (χ1) is 7.24. The molecule has 2 aliphatic rings. The van der Waals surface area contributed by atoms with Gasteiger partial charge in [-0.05, 0) is 33.1 Å². The van der Waals surface area contributed by atoms with Crippen LogP contribution in [0.15, 0.2) is 0 Å². The van der Waals surface area contributed by atoms with Gasteiger partial charge < -0.3 is 14.7 Å². The van der Waals surface area contributed by atoms with Crippen LogP contribution in [-0.2, 0) is 9.53 Å². The summed E-state index contributed by atoms with van der Waals surface area (Å²) in [7, 11) is 0. The van der Waals surface area contributed by atoms with Gasteiger partial charge in [0.15, 0.2) is 0 Å². The Labute approximate surface area is 94.4 Å². The van der Waals surface area contributed by atoms with E-state index in [1.54, 1.807) is 20.8 Å². The van der Waals surface area contributed by atoms with Gasteiger partial charge in [0.05, 0.1) is 5.41 Å². The van der Waals surface area contributed by atoms with Crippen LogP contribution >= 0.6 is 0 Å². The Kier molecular flexibility index (Phi) is 2.19. The third-order valence-corrected chi connectivity index (χ3v) is 3.22. The number of nitrogens with zero attached hydrogens (tertiary/aromatic N) is 1. The quantitative estimate of drug-likeness (QED) is 0.733. The summed E-state index contributed by atoms with van der Waals surface area (Å²) in [5.74, 6) is -0.666. The predicted molar refractivity (Wildman–Crippen MR) is 56.0 cm³/mol. The number of carbonyl (C=O) groups is 2. The van der Waals surface area contributed by atoms with Crippen molar-refractivity contribution in [1.29, 1.82) is 0 Å². The highest BCUT2D eigenvalue weighted by molar-refractivity contribution is 5.82. The maximum absolute atomic E-state index is 11.7. The van der Waals surface area contributed by atoms with E-state index in [0.717, 1.165) is 0 Å². The first-order valence-electron chi connectivity index (χ1n) is 5.46. The molecule has 0 spiro atoms. The molecule has 1 amide bonds. The van der Waals surface area contributed by atoms with Crippen LogP contribution in [0.25, 0.3) is 0 Å². The molecule has 0 aromatic heterocycles. The lowest BCUT2D eigenvalue weighted by molar-refractivity contribution is -0.143. The Hall–Kier alpha value is -1.26. The number of hydrogen-bond acceptors (Lipinski definition) is 3. The second-order valence-corrected chi connectivity index (χ2v) is 5.72. The maximum Gasteiger partial charge on any atom is 0.410 e. The standard InChI is InChI=1S/C11H17NO4/c1-10(2,3)16-9(15)12-5-7-4-11(7,6-12)8(13)14/h7H,4-6H2,1-3H3,(H,13,14)/t7-,11-/m1/s1. The van der Waals surface area contributed by atoms with E-state index in [0.29, 0.717) is 19.5 Å². The molecule has 0 bridgehead atoms. The number of likely N-dealkylation sites (tertiary alicyclic amines) is 1. The summed E-state index contributed by atoms with van der Waals surface area (Å²) >= 11 is 0. The molecule has 1 N–H and O–H groups in total. The van der Waals surface area contributed by atoms with Gasteiger partial charge in [-0.15, -0.1) is 0 Å². The molecule has 1 saturated carbocycles. The molecule has 0 radical (unpaired) electrons. The predicted octanol–water partition coefficient (Wildman–Crippen LogP) is 1.33. The lowest BCUT2D eigenvalue weighted by atomic mass is 10.1. The number of carboxylic acid groups (broad SMARTS) is 1. The zero-order chi connectivity index (χ0) is 12.1. The van der Waals surface area contributed by atoms with Crippen LogP contribution in [0.3, 0.4) is 0 Å². The summed E-state index contributed by atoms with van der Waals surface area (Å²) in [6, 6.07) is 0. The van der Waals surface area contributed by atoms with Crippen LogP contribution in [0, 0.1) is 11.3 Å². The fourth-order valence-electron chi connectivity index (χ4n) is 2.28. The van der Waals surface area contributed by atoms with E-state index in [9.17, 15) is 9.59 Å². The van der Waals surface area contributed by atoms with E-state index in [-0.39, 0.29) is 5.92 Å². The average Bonchev–Trinajstić information content (AvgIpc) is 2.67. The van der Waals surface area contributed by atoms with Crippen LogP contribution in [0.4, 0.5) is 4.79 Å². The zero-order valence-electron chi connectivity index (χ0n) is 9.82. The summed E-state index contributed by atoms with van der Waals surface area (Å²) < 4.78 is 5.21. The number of hydrogen-bond donors (Lipinski definition) is 1. The Morgan fingerprint density at radius 2 is 2.06 bits per heavy atom. The van der Waals surface area contributed by atoms with Crippen LogP contribution in [0.5, 0.6) is 0 Å². The number of fused-ring (bicyclic) bond motifs is 1. The molecule has 2 fully saturated rings. The summed E-state index contributed by atoms with van der Waals surface area (Å²) in [5, 5.41) is 9.07. The third-order valence-electron chi connectivity index (χ3n) is 3.22. The molecule has 0 aromatic carbocycles. The Morgan fingerprint density at radius 1 is 1.44 bits per heavy atom. The van der Waals surface area contributed by atoms with Crippen molar-refractivity contribution < 1.29 is 19.4 Å². The van der Waals surface area contributed by atoms with Gasteiger partial charge >= 0.3 is 12.1 Å². The lowest BCUT2D eigenvalue weighted by Crippen LogP contribution is -2.38. The Balaban J connectivity index is 1.96. The van der Waals surface area contributed by atoms with E-state index in [1.807, 2.05) is 0 Å². The van der Waals surface area contributed by atoms with Crippen molar-refractivity contribution in [3.8, 4) is 0 Å². The van der Waals surface area contributed by atoms with E-state index in [1.165, 1.54) is 4.90 Å². The van der Waals surface area contributed by atoms with E-state index in [4.69, 9.17) is 9.84 Å². The molecule has 5 nitrogen and oxygen atoms in total. The van der Waals surface area contributed by atoms with E-state index >= 15 is 0 Å². The highest BCUT2D eigenvalue weighted by atomic mass is 16.6. The third kappa shape index (κ3) is 1.74. The molecule has 1 saturated heterocycles. The molecule has 1 aliphatic carbocycles. The number of rotatable bonds is 1. The minimum atomic E-state index is -0.788. The molecular formula is C11H17NO4. The second kappa shape index (κ2) is 3.12. The molecule has 2 atom stereocenters. The molecule has 5 heteroatoms. The van der Waals surface area contributed by atoms with Crippen LogP contribution in [0.2, 0.25) is 0 Å². The molecule has 0 aromatic rings. The summed E-state index contributed by atoms with van der Waals surface area (Å²) in [5.41, 5.74) is -1.20. The van der Waals surface area contributed by atoms with Gasteiger partial charge in [-0.25, -0.2) is 4.79 Å². The van der Waals surface area contributed by atoms with Gasteiger partial charge in [-0.3, -0.25) is 4.79 Å². The van der Waals surface area contributed by atoms with Gasteiger partial charge in [-0.1, -0.05) is 0 Å². The minimum Gasteiger partial charge on any atom is -0.481 e. The Morgan fingerprint density at radius 3 is 2.50 bits per heavy atom. The molecule has 90 valence electrons. The monoisotopic (exact) mass is 227 g/mol. The van der Waals surface area contributed by atoms with Gasteiger partial charge in [0.1, 0.15) is 5.60 Å². The van der Waals surface area contributed by atoms with Crippen molar-refractivity contribution in [2.45, 2.75) is 32.8 Å². The average molecular weight is 227 g/mol. The molecule has 0 unspecified atom stereocenters. The van der Waals surface area contributed by atoms with Gasteiger partial charge in [-0.2, -0.15) is 0 Å². The summed E-state index contributed by atoms with van der Waals surface area (Å²) in [4.78, 5) is 24.2. The molecular weight excluding hydrogens is 210 g/mol. The largest absolute Gasteiger partial charge is 0.481 e. The first kappa shape index (κ1) is 11.2. The fraction of sp³-hybridized carbons (Fsp3) is 0.818. The van der Waals surface area contributed by atoms with E-state index < -0.39 is 23.1 Å². The number of carbonyl (C=O) groups excluding carboxylic acids is 1. The molecule has 16 heavy (non-hydrogen) atoms. The minimum absolute atomic E-state index is 0.123. The van der Waals surface area contributed by atoms with Crippen molar-refractivity contribution >= 4 is 12.1 Å². The van der Waals surface area contributed by atoms with Crippen LogP contribution in [0.1, 0.15) is 27.2 Å². The first-order valence-corrected chi connectivity index (χ1v) is 5.46. The number of carboxylic acids is 1. The van der Waals surface area contributed by atoms with Crippen molar-refractivity contribution in [2.75, 3.05) is 13.1 Å². The maximum atomic E-state index is 11.7. The topological polar surface area (TPSA) is 66.8 Å². The van der Waals surface area contributed by atoms with Crippen LogP contribution in [-0.4, -0.2) is 40.8 Å². The fourth-order valence-corrected chi connectivity index (χ4v) is 2.28. The van der Waals surface area contributed by atoms with Gasteiger partial charge in [0, 0.05) is 13.1 Å². The number of ether oxygens (including phenoxy) is 1. The number of amides is 1. The van der Waals surface area contributed by atoms with E-state index in [2.05, 4.69) is 0 Å². The molecule has 1 heterocycles. The van der Waals surface area contributed by atoms with Crippen molar-refractivity contribution in [3.63, 3.8) is 0 Å². The SMILES string of the molecule is CC(C)(C)OC(=O)N1C[C@H]2C[C@@]2(C(=O)O)C1. The van der Waals surface area contributed by atoms with Crippen molar-refractivity contribution in [3.05, 3.63) is 0 Å². The normalized spacial score (nSPS) is 32.2. The van der Waals surface area contributed by atoms with Crippen molar-refractivity contribution in [1.82, 2.24) is 4.90 Å². The van der Waals surface area contributed by atoms with Crippen LogP contribution < -0.4 is 0 Å². The number of aliphatic carboxylic acids is 1. The van der Waals surface area contributed by atoms with Gasteiger partial charge in [0.2, 0.25) is 0 Å². The summed E-state index contributed by atoms with van der Waals surface area (Å²) in [6.07, 6.45) is 0.294. The Bertz CT molecular complexity index is 346. The molecule has 2 rings (SSSR count). The van der Waals surface area contributed by atoms with Crippen molar-refractivity contribution in [2.24, 2.45) is 11.3 Å². The smallest absolute Gasteiger partial charge is 0.410 e. The van der Waals surface area contributed by atoms with Gasteiger partial charge in [0.25, 0.3) is 0 Å².